The van der Waals surface area contributed by atoms with Gasteiger partial charge in [0.1, 0.15) is 12.4 Å². The second-order valence-corrected chi connectivity index (χ2v) is 8.08. The number of hydrogen-bond donors (Lipinski definition) is 1. The lowest BCUT2D eigenvalue weighted by Gasteiger charge is -2.24. The third kappa shape index (κ3) is 5.39. The number of hydrazone groups is 1. The highest BCUT2D eigenvalue weighted by Crippen LogP contribution is 2.24. The van der Waals surface area contributed by atoms with E-state index in [0.717, 1.165) is 27.7 Å². The Morgan fingerprint density at radius 1 is 1.04 bits per heavy atom. The van der Waals surface area contributed by atoms with Crippen molar-refractivity contribution in [2.45, 2.75) is 38.5 Å². The average molecular weight is 405 g/mol. The molecule has 0 aromatic heterocycles. The summed E-state index contributed by atoms with van der Waals surface area (Å²) in [6, 6.07) is 11.2. The number of halogens is 1. The Bertz CT molecular complexity index is 934. The largest absolute Gasteiger partial charge is 0.271 e. The van der Waals surface area contributed by atoms with E-state index in [0.29, 0.717) is 18.5 Å². The van der Waals surface area contributed by atoms with Crippen molar-refractivity contribution in [2.24, 2.45) is 5.10 Å². The van der Waals surface area contributed by atoms with E-state index in [4.69, 9.17) is 0 Å². The molecule has 6 nitrogen and oxygen atoms in total. The third-order valence-electron chi connectivity index (χ3n) is 4.17. The summed E-state index contributed by atoms with van der Waals surface area (Å²) in [5.74, 6) is -1.11. The van der Waals surface area contributed by atoms with Crippen LogP contribution < -0.4 is 9.73 Å². The molecule has 0 bridgehead atoms. The van der Waals surface area contributed by atoms with Crippen LogP contribution in [-0.4, -0.2) is 26.6 Å². The van der Waals surface area contributed by atoms with E-state index in [2.05, 4.69) is 10.5 Å². The predicted molar refractivity (Wildman–Crippen MR) is 108 cm³/mol. The Morgan fingerprint density at radius 2 is 1.61 bits per heavy atom. The first-order valence-electron chi connectivity index (χ1n) is 8.97. The summed E-state index contributed by atoms with van der Waals surface area (Å²) in [6.45, 7) is 5.27. The van der Waals surface area contributed by atoms with Crippen LogP contribution >= 0.6 is 0 Å². The number of aryl methyl sites for hydroxylation is 1. The van der Waals surface area contributed by atoms with Gasteiger partial charge in [0.25, 0.3) is 15.9 Å². The van der Waals surface area contributed by atoms with Gasteiger partial charge in [-0.05, 0) is 56.2 Å². The fourth-order valence-corrected chi connectivity index (χ4v) is 3.90. The van der Waals surface area contributed by atoms with Gasteiger partial charge in [-0.3, -0.25) is 9.10 Å². The molecule has 0 aliphatic heterocycles. The second kappa shape index (κ2) is 9.45. The molecule has 1 amide bonds. The summed E-state index contributed by atoms with van der Waals surface area (Å²) in [5.41, 5.74) is 4.50. The highest BCUT2D eigenvalue weighted by atomic mass is 32.2. The lowest BCUT2D eigenvalue weighted by molar-refractivity contribution is -0.119. The second-order valence-electron chi connectivity index (χ2n) is 6.22. The molecule has 0 saturated carbocycles. The Hall–Kier alpha value is -2.74. The number of carbonyl (C=O) groups is 1. The Kier molecular flexibility index (Phi) is 7.28. The Labute approximate surface area is 165 Å². The number of nitrogens with one attached hydrogen (secondary N) is 1. The van der Waals surface area contributed by atoms with Crippen molar-refractivity contribution in [1.82, 2.24) is 5.43 Å². The van der Waals surface area contributed by atoms with Gasteiger partial charge in [-0.15, -0.1) is 0 Å². The van der Waals surface area contributed by atoms with Crippen LogP contribution in [0.5, 0.6) is 0 Å². The zero-order valence-corrected chi connectivity index (χ0v) is 17.0. The van der Waals surface area contributed by atoms with E-state index < -0.39 is 28.3 Å². The molecule has 0 unspecified atom stereocenters. The molecule has 0 saturated heterocycles. The molecule has 28 heavy (non-hydrogen) atoms. The Balaban J connectivity index is 2.37. The van der Waals surface area contributed by atoms with Crippen LogP contribution in [0.4, 0.5) is 10.1 Å². The molecule has 1 N–H and O–H groups in total. The number of benzene rings is 2. The standard InChI is InChI=1S/C20H24FN3O3S/c1-4-17(5-2)22-23-20(25)14-24(18-10-6-15(3)7-11-18)28(26,27)19-12-8-16(21)9-13-19/h6-13H,4-5,14H2,1-3H3,(H,23,25). The number of sulfonamides is 1. The van der Waals surface area contributed by atoms with Gasteiger partial charge in [0.2, 0.25) is 0 Å². The molecule has 2 aromatic carbocycles. The number of hydrogen-bond acceptors (Lipinski definition) is 4. The van der Waals surface area contributed by atoms with E-state index in [1.807, 2.05) is 20.8 Å². The quantitative estimate of drug-likeness (QED) is 0.538. The minimum atomic E-state index is -4.07. The van der Waals surface area contributed by atoms with E-state index in [9.17, 15) is 17.6 Å². The summed E-state index contributed by atoms with van der Waals surface area (Å²) in [6.07, 6.45) is 1.37. The molecule has 150 valence electrons. The summed E-state index contributed by atoms with van der Waals surface area (Å²) >= 11 is 0. The van der Waals surface area contributed by atoms with Gasteiger partial charge in [-0.1, -0.05) is 31.5 Å². The minimum absolute atomic E-state index is 0.103. The summed E-state index contributed by atoms with van der Waals surface area (Å²) in [5, 5.41) is 4.03. The molecule has 0 heterocycles. The number of rotatable bonds is 8. The fraction of sp³-hybridized carbons (Fsp3) is 0.300. The third-order valence-corrected chi connectivity index (χ3v) is 5.95. The molecule has 8 heteroatoms. The smallest absolute Gasteiger partial charge is 0.264 e. The van der Waals surface area contributed by atoms with Crippen LogP contribution in [0.15, 0.2) is 58.5 Å². The highest BCUT2D eigenvalue weighted by molar-refractivity contribution is 7.92. The number of nitrogens with zero attached hydrogens (tertiary/aromatic N) is 2. The SMILES string of the molecule is CCC(CC)=NNC(=O)CN(c1ccc(C)cc1)S(=O)(=O)c1ccc(F)cc1. The van der Waals surface area contributed by atoms with E-state index in [1.165, 1.54) is 12.1 Å². The van der Waals surface area contributed by atoms with Gasteiger partial charge in [-0.25, -0.2) is 18.2 Å². The zero-order valence-electron chi connectivity index (χ0n) is 16.1. The summed E-state index contributed by atoms with van der Waals surface area (Å²) in [4.78, 5) is 12.3. The first kappa shape index (κ1) is 21.6. The first-order chi connectivity index (χ1) is 13.3. The molecule has 0 radical (unpaired) electrons. The van der Waals surface area contributed by atoms with E-state index in [1.54, 1.807) is 24.3 Å². The maximum Gasteiger partial charge on any atom is 0.264 e. The van der Waals surface area contributed by atoms with Crippen molar-refractivity contribution >= 4 is 27.3 Å². The fourth-order valence-electron chi connectivity index (χ4n) is 2.48. The van der Waals surface area contributed by atoms with Gasteiger partial charge in [0.15, 0.2) is 0 Å². The van der Waals surface area contributed by atoms with Gasteiger partial charge in [0.05, 0.1) is 10.6 Å². The predicted octanol–water partition coefficient (Wildman–Crippen LogP) is 3.62. The molecular formula is C20H24FN3O3S. The van der Waals surface area contributed by atoms with Crippen molar-refractivity contribution in [3.8, 4) is 0 Å². The molecule has 0 fully saturated rings. The van der Waals surface area contributed by atoms with E-state index in [-0.39, 0.29) is 4.90 Å². The molecular weight excluding hydrogens is 381 g/mol. The zero-order chi connectivity index (χ0) is 20.7. The van der Waals surface area contributed by atoms with Crippen molar-refractivity contribution in [3.05, 3.63) is 59.9 Å². The van der Waals surface area contributed by atoms with Gasteiger partial charge in [0, 0.05) is 5.71 Å². The molecule has 0 aliphatic carbocycles. The number of amides is 1. The van der Waals surface area contributed by atoms with Gasteiger partial charge >= 0.3 is 0 Å². The number of anilines is 1. The summed E-state index contributed by atoms with van der Waals surface area (Å²) in [7, 11) is -4.07. The molecule has 2 rings (SSSR count). The van der Waals surface area contributed by atoms with Crippen molar-refractivity contribution < 1.29 is 17.6 Å². The van der Waals surface area contributed by atoms with Crippen molar-refractivity contribution in [2.75, 3.05) is 10.8 Å². The normalized spacial score (nSPS) is 11.0. The summed E-state index contributed by atoms with van der Waals surface area (Å²) < 4.78 is 40.4. The lowest BCUT2D eigenvalue weighted by Crippen LogP contribution is -2.39. The first-order valence-corrected chi connectivity index (χ1v) is 10.4. The topological polar surface area (TPSA) is 78.8 Å². The molecule has 0 atom stereocenters. The monoisotopic (exact) mass is 405 g/mol. The van der Waals surface area contributed by atoms with Crippen LogP contribution in [0.2, 0.25) is 0 Å². The van der Waals surface area contributed by atoms with Crippen molar-refractivity contribution in [3.63, 3.8) is 0 Å². The average Bonchev–Trinajstić information content (AvgIpc) is 2.68. The van der Waals surface area contributed by atoms with Gasteiger partial charge in [-0.2, -0.15) is 5.10 Å². The minimum Gasteiger partial charge on any atom is -0.271 e. The van der Waals surface area contributed by atoms with Crippen LogP contribution in [-0.2, 0) is 14.8 Å². The highest BCUT2D eigenvalue weighted by Gasteiger charge is 2.27. The van der Waals surface area contributed by atoms with E-state index >= 15 is 0 Å². The molecule has 0 spiro atoms. The maximum atomic E-state index is 13.2. The molecule has 2 aromatic rings. The van der Waals surface area contributed by atoms with Crippen LogP contribution in [0.25, 0.3) is 0 Å². The Morgan fingerprint density at radius 3 is 2.14 bits per heavy atom. The van der Waals surface area contributed by atoms with Gasteiger partial charge < -0.3 is 0 Å². The maximum absolute atomic E-state index is 13.2. The van der Waals surface area contributed by atoms with Crippen LogP contribution in [0.1, 0.15) is 32.3 Å². The van der Waals surface area contributed by atoms with Crippen LogP contribution in [0, 0.1) is 12.7 Å². The lowest BCUT2D eigenvalue weighted by atomic mass is 10.2. The molecule has 0 aliphatic rings. The van der Waals surface area contributed by atoms with Crippen molar-refractivity contribution in [1.29, 1.82) is 0 Å². The van der Waals surface area contributed by atoms with Crippen LogP contribution in [0.3, 0.4) is 0 Å². The number of carbonyl (C=O) groups excluding carboxylic acids is 1.